The molecule has 0 aliphatic carbocycles. The highest BCUT2D eigenvalue weighted by atomic mass is 35.5. The number of benzene rings is 2. The highest BCUT2D eigenvalue weighted by Crippen LogP contribution is 2.34. The highest BCUT2D eigenvalue weighted by Gasteiger charge is 2.36. The zero-order valence-electron chi connectivity index (χ0n) is 20.8. The molecule has 2 heterocycles. The first-order valence-corrected chi connectivity index (χ1v) is 14.5. The van der Waals surface area contributed by atoms with Gasteiger partial charge in [-0.2, -0.15) is 4.31 Å². The summed E-state index contributed by atoms with van der Waals surface area (Å²) in [5, 5.41) is 0.200. The molecule has 7 nitrogen and oxygen atoms in total. The van der Waals surface area contributed by atoms with Crippen molar-refractivity contribution in [3.63, 3.8) is 0 Å². The van der Waals surface area contributed by atoms with Crippen molar-refractivity contribution in [2.24, 2.45) is 0 Å². The average molecular weight is 555 g/mol. The molecule has 4 rings (SSSR count). The standard InChI is InChI=1S/C26H33Cl2N3O4S/c1-19-9-10-21(16-20(19)2)29-12-14-30(15-13-29)25(32)18-35-17-22-6-3-4-11-31(22)36(33,34)26-23(27)7-5-8-24(26)28/h5,7-10,16,22H,3-4,6,11-15,17-18H2,1-2H3. The van der Waals surface area contributed by atoms with Gasteiger partial charge >= 0.3 is 0 Å². The smallest absolute Gasteiger partial charge is 0.248 e. The number of carbonyl (C=O) groups excluding carboxylic acids is 1. The van der Waals surface area contributed by atoms with Gasteiger partial charge in [-0.3, -0.25) is 4.79 Å². The van der Waals surface area contributed by atoms with Gasteiger partial charge in [0.2, 0.25) is 15.9 Å². The van der Waals surface area contributed by atoms with Crippen molar-refractivity contribution in [1.29, 1.82) is 0 Å². The van der Waals surface area contributed by atoms with Crippen LogP contribution in [0, 0.1) is 13.8 Å². The van der Waals surface area contributed by atoms with E-state index in [0.717, 1.165) is 25.9 Å². The second-order valence-corrected chi connectivity index (χ2v) is 12.1. The first kappa shape index (κ1) is 27.2. The fourth-order valence-electron chi connectivity index (χ4n) is 4.81. The van der Waals surface area contributed by atoms with E-state index in [1.165, 1.54) is 33.3 Å². The fraction of sp³-hybridized carbons (Fsp3) is 0.500. The van der Waals surface area contributed by atoms with Gasteiger partial charge < -0.3 is 14.5 Å². The van der Waals surface area contributed by atoms with Gasteiger partial charge in [0.25, 0.3) is 0 Å². The summed E-state index contributed by atoms with van der Waals surface area (Å²) in [6.45, 7) is 7.45. The number of hydrogen-bond donors (Lipinski definition) is 0. The molecule has 0 bridgehead atoms. The lowest BCUT2D eigenvalue weighted by atomic mass is 10.1. The summed E-state index contributed by atoms with van der Waals surface area (Å²) in [4.78, 5) is 16.8. The number of anilines is 1. The molecule has 196 valence electrons. The molecule has 0 radical (unpaired) electrons. The number of rotatable bonds is 7. The molecule has 1 amide bonds. The van der Waals surface area contributed by atoms with Gasteiger partial charge in [-0.05, 0) is 62.1 Å². The molecule has 2 fully saturated rings. The summed E-state index contributed by atoms with van der Waals surface area (Å²) in [5.41, 5.74) is 3.71. The first-order chi connectivity index (χ1) is 17.2. The van der Waals surface area contributed by atoms with Gasteiger partial charge in [-0.15, -0.1) is 0 Å². The zero-order valence-corrected chi connectivity index (χ0v) is 23.1. The first-order valence-electron chi connectivity index (χ1n) is 12.3. The molecule has 0 aromatic heterocycles. The van der Waals surface area contributed by atoms with Gasteiger partial charge in [-0.1, -0.05) is 41.8 Å². The Morgan fingerprint density at radius 2 is 1.67 bits per heavy atom. The predicted molar refractivity (Wildman–Crippen MR) is 144 cm³/mol. The zero-order chi connectivity index (χ0) is 25.9. The summed E-state index contributed by atoms with van der Waals surface area (Å²) in [6.07, 6.45) is 2.30. The molecule has 2 aromatic carbocycles. The van der Waals surface area contributed by atoms with Gasteiger partial charge in [0.1, 0.15) is 11.5 Å². The molecular formula is C26H33Cl2N3O4S. The van der Waals surface area contributed by atoms with Crippen molar-refractivity contribution in [3.8, 4) is 0 Å². The number of aryl methyl sites for hydroxylation is 2. The van der Waals surface area contributed by atoms with Crippen LogP contribution < -0.4 is 4.90 Å². The van der Waals surface area contributed by atoms with Crippen molar-refractivity contribution in [3.05, 3.63) is 57.6 Å². The second-order valence-electron chi connectivity index (χ2n) is 9.47. The number of carbonyl (C=O) groups is 1. The van der Waals surface area contributed by atoms with E-state index in [4.69, 9.17) is 27.9 Å². The summed E-state index contributed by atoms with van der Waals surface area (Å²) in [6, 6.07) is 10.7. The number of ether oxygens (including phenoxy) is 1. The number of nitrogens with zero attached hydrogens (tertiary/aromatic N) is 3. The van der Waals surface area contributed by atoms with Crippen molar-refractivity contribution >= 4 is 44.8 Å². The predicted octanol–water partition coefficient (Wildman–Crippen LogP) is 4.52. The number of piperidine rings is 1. The van der Waals surface area contributed by atoms with Gasteiger partial charge in [0, 0.05) is 44.5 Å². The minimum absolute atomic E-state index is 0.0686. The Bertz CT molecular complexity index is 1180. The largest absolute Gasteiger partial charge is 0.370 e. The van der Waals surface area contributed by atoms with Gasteiger partial charge in [-0.25, -0.2) is 8.42 Å². The topological polar surface area (TPSA) is 70.2 Å². The van der Waals surface area contributed by atoms with E-state index < -0.39 is 10.0 Å². The summed E-state index contributed by atoms with van der Waals surface area (Å²) in [5.74, 6) is -0.0749. The highest BCUT2D eigenvalue weighted by molar-refractivity contribution is 7.89. The lowest BCUT2D eigenvalue weighted by Crippen LogP contribution is -2.50. The minimum Gasteiger partial charge on any atom is -0.370 e. The van der Waals surface area contributed by atoms with Crippen LogP contribution in [0.3, 0.4) is 0 Å². The summed E-state index contributed by atoms with van der Waals surface area (Å²) < 4.78 is 34.0. The second kappa shape index (κ2) is 11.7. The van der Waals surface area contributed by atoms with E-state index >= 15 is 0 Å². The van der Waals surface area contributed by atoms with Crippen LogP contribution in [-0.4, -0.2) is 75.5 Å². The number of amides is 1. The van der Waals surface area contributed by atoms with E-state index in [1.54, 1.807) is 6.07 Å². The molecule has 36 heavy (non-hydrogen) atoms. The molecule has 0 N–H and O–H groups in total. The summed E-state index contributed by atoms with van der Waals surface area (Å²) in [7, 11) is -3.89. The molecule has 0 spiro atoms. The van der Waals surface area contributed by atoms with Crippen LogP contribution in [0.1, 0.15) is 30.4 Å². The Kier molecular flexibility index (Phi) is 8.83. The lowest BCUT2D eigenvalue weighted by molar-refractivity contribution is -0.137. The molecule has 2 aromatic rings. The average Bonchev–Trinajstić information content (AvgIpc) is 2.86. The van der Waals surface area contributed by atoms with Crippen LogP contribution in [0.5, 0.6) is 0 Å². The molecule has 1 atom stereocenters. The van der Waals surface area contributed by atoms with Gasteiger partial charge in [0.15, 0.2) is 0 Å². The maximum Gasteiger partial charge on any atom is 0.248 e. The quantitative estimate of drug-likeness (QED) is 0.504. The van der Waals surface area contributed by atoms with Crippen molar-refractivity contribution < 1.29 is 17.9 Å². The maximum atomic E-state index is 13.4. The minimum atomic E-state index is -3.89. The number of piperazine rings is 1. The third-order valence-corrected chi connectivity index (χ3v) is 9.99. The van der Waals surface area contributed by atoms with Crippen LogP contribution in [-0.2, 0) is 19.6 Å². The Hall–Kier alpha value is -1.84. The maximum absolute atomic E-state index is 13.4. The Morgan fingerprint density at radius 3 is 2.33 bits per heavy atom. The molecule has 2 saturated heterocycles. The van der Waals surface area contributed by atoms with E-state index in [-0.39, 0.29) is 40.1 Å². The van der Waals surface area contributed by atoms with E-state index in [9.17, 15) is 13.2 Å². The molecule has 10 heteroatoms. The van der Waals surface area contributed by atoms with Crippen LogP contribution >= 0.6 is 23.2 Å². The van der Waals surface area contributed by atoms with Crippen LogP contribution in [0.25, 0.3) is 0 Å². The molecule has 1 unspecified atom stereocenters. The third kappa shape index (κ3) is 6.00. The Morgan fingerprint density at radius 1 is 0.972 bits per heavy atom. The molecule has 0 saturated carbocycles. The molecule has 2 aliphatic rings. The Balaban J connectivity index is 1.31. The van der Waals surface area contributed by atoms with E-state index in [0.29, 0.717) is 26.1 Å². The van der Waals surface area contributed by atoms with Crippen molar-refractivity contribution in [2.45, 2.75) is 44.0 Å². The number of hydrogen-bond acceptors (Lipinski definition) is 5. The van der Waals surface area contributed by atoms with Crippen molar-refractivity contribution in [2.75, 3.05) is 50.8 Å². The van der Waals surface area contributed by atoms with Crippen LogP contribution in [0.2, 0.25) is 10.0 Å². The number of sulfonamides is 1. The number of halogens is 2. The SMILES string of the molecule is Cc1ccc(N2CCN(C(=O)COCC3CCCCN3S(=O)(=O)c3c(Cl)cccc3Cl)CC2)cc1C. The van der Waals surface area contributed by atoms with Crippen LogP contribution in [0.15, 0.2) is 41.3 Å². The van der Waals surface area contributed by atoms with Crippen LogP contribution in [0.4, 0.5) is 5.69 Å². The monoisotopic (exact) mass is 553 g/mol. The van der Waals surface area contributed by atoms with Gasteiger partial charge in [0.05, 0.1) is 16.7 Å². The normalized spacial score (nSPS) is 19.5. The molecular weight excluding hydrogens is 521 g/mol. The van der Waals surface area contributed by atoms with E-state index in [2.05, 4.69) is 36.9 Å². The lowest BCUT2D eigenvalue weighted by Gasteiger charge is -2.37. The summed E-state index contributed by atoms with van der Waals surface area (Å²) >= 11 is 12.4. The van der Waals surface area contributed by atoms with Crippen molar-refractivity contribution in [1.82, 2.24) is 9.21 Å². The Labute approximate surface area is 224 Å². The third-order valence-electron chi connectivity index (χ3n) is 7.08. The van der Waals surface area contributed by atoms with E-state index in [1.807, 2.05) is 4.90 Å². The fourth-order valence-corrected chi connectivity index (χ4v) is 7.59. The molecule has 2 aliphatic heterocycles.